The number of halogens is 2. The van der Waals surface area contributed by atoms with Crippen molar-refractivity contribution >= 4 is 28.5 Å². The van der Waals surface area contributed by atoms with Gasteiger partial charge in [-0.2, -0.15) is 5.26 Å². The monoisotopic (exact) mass is 465 g/mol. The molecule has 9 heteroatoms. The lowest BCUT2D eigenvalue weighted by atomic mass is 9.95. The Morgan fingerprint density at radius 1 is 1.32 bits per heavy atom. The first-order valence-electron chi connectivity index (χ1n) is 11.0. The van der Waals surface area contributed by atoms with Gasteiger partial charge in [-0.1, -0.05) is 25.1 Å². The molecule has 0 amide bonds. The summed E-state index contributed by atoms with van der Waals surface area (Å²) in [5, 5.41) is 22.5. The Morgan fingerprint density at radius 2 is 2.06 bits per heavy atom. The van der Waals surface area contributed by atoms with E-state index in [-0.39, 0.29) is 36.8 Å². The molecule has 1 aliphatic rings. The van der Waals surface area contributed by atoms with E-state index in [1.807, 2.05) is 26.0 Å². The number of hydrogen-bond donors (Lipinski definition) is 2. The molecule has 1 aromatic heterocycles. The van der Waals surface area contributed by atoms with Crippen LogP contribution in [0.4, 0.5) is 20.3 Å². The maximum Gasteiger partial charge on any atom is 0.337 e. The quantitative estimate of drug-likeness (QED) is 0.536. The van der Waals surface area contributed by atoms with Gasteiger partial charge in [-0.3, -0.25) is 0 Å². The Hall–Kier alpha value is -3.80. The van der Waals surface area contributed by atoms with E-state index in [1.165, 1.54) is 13.0 Å². The second kappa shape index (κ2) is 8.86. The first kappa shape index (κ1) is 23.4. The summed E-state index contributed by atoms with van der Waals surface area (Å²) in [7, 11) is 0. The van der Waals surface area contributed by atoms with Crippen LogP contribution in [0.5, 0.6) is 0 Å². The minimum Gasteiger partial charge on any atom is -0.478 e. The number of para-hydroxylation sites is 1. The summed E-state index contributed by atoms with van der Waals surface area (Å²) in [5.74, 6) is -4.39. The van der Waals surface area contributed by atoms with Gasteiger partial charge in [0.15, 0.2) is 11.5 Å². The Morgan fingerprint density at radius 3 is 2.74 bits per heavy atom. The molecule has 176 valence electrons. The van der Waals surface area contributed by atoms with Gasteiger partial charge in [0.1, 0.15) is 6.07 Å². The van der Waals surface area contributed by atoms with Gasteiger partial charge in [0.2, 0.25) is 0 Å². The van der Waals surface area contributed by atoms with Crippen molar-refractivity contribution < 1.29 is 18.7 Å². The number of carboxylic acid groups (broad SMARTS) is 1. The van der Waals surface area contributed by atoms with E-state index in [0.29, 0.717) is 22.5 Å². The summed E-state index contributed by atoms with van der Waals surface area (Å²) in [6.07, 6.45) is -0.316. The summed E-state index contributed by atoms with van der Waals surface area (Å²) in [6.45, 7) is 5.43. The Bertz CT molecular complexity index is 1300. The highest BCUT2D eigenvalue weighted by Gasteiger charge is 2.42. The van der Waals surface area contributed by atoms with Crippen LogP contribution in [-0.4, -0.2) is 40.1 Å². The number of hydrogen-bond acceptors (Lipinski definition) is 6. The van der Waals surface area contributed by atoms with Crippen LogP contribution in [-0.2, 0) is 0 Å². The van der Waals surface area contributed by atoms with Crippen LogP contribution in [0.3, 0.4) is 0 Å². The largest absolute Gasteiger partial charge is 0.478 e. The van der Waals surface area contributed by atoms with Crippen LogP contribution in [0, 0.1) is 24.2 Å². The Balaban J connectivity index is 1.78. The molecule has 0 aliphatic carbocycles. The molecule has 3 aromatic rings. The summed E-state index contributed by atoms with van der Waals surface area (Å²) >= 11 is 0. The van der Waals surface area contributed by atoms with Crippen molar-refractivity contribution in [3.8, 4) is 6.07 Å². The molecule has 0 radical (unpaired) electrons. The van der Waals surface area contributed by atoms with Crippen molar-refractivity contribution in [3.05, 3.63) is 58.8 Å². The van der Waals surface area contributed by atoms with Crippen molar-refractivity contribution in [1.82, 2.24) is 9.97 Å². The highest BCUT2D eigenvalue weighted by molar-refractivity contribution is 5.94. The number of rotatable bonds is 5. The minimum absolute atomic E-state index is 0.0723. The number of alkyl halides is 2. The third-order valence-corrected chi connectivity index (χ3v) is 6.26. The zero-order chi connectivity index (χ0) is 24.6. The van der Waals surface area contributed by atoms with E-state index in [4.69, 9.17) is 4.98 Å². The molecule has 1 aliphatic heterocycles. The van der Waals surface area contributed by atoms with Crippen LogP contribution in [0.1, 0.15) is 53.5 Å². The van der Waals surface area contributed by atoms with Crippen molar-refractivity contribution in [3.63, 3.8) is 0 Å². The van der Waals surface area contributed by atoms with Gasteiger partial charge < -0.3 is 15.3 Å². The molecule has 34 heavy (non-hydrogen) atoms. The summed E-state index contributed by atoms with van der Waals surface area (Å²) < 4.78 is 28.1. The van der Waals surface area contributed by atoms with E-state index in [1.54, 1.807) is 23.1 Å². The zero-order valence-electron chi connectivity index (χ0n) is 19.1. The molecule has 0 saturated carbocycles. The first-order chi connectivity index (χ1) is 16.1. The number of carboxylic acids is 1. The van der Waals surface area contributed by atoms with Gasteiger partial charge in [-0.05, 0) is 37.6 Å². The summed E-state index contributed by atoms with van der Waals surface area (Å²) in [4.78, 5) is 22.6. The molecular formula is C25H25F2N5O2. The third-order valence-electron chi connectivity index (χ3n) is 6.26. The second-order valence-corrected chi connectivity index (χ2v) is 8.80. The van der Waals surface area contributed by atoms with Gasteiger partial charge in [0.25, 0.3) is 5.92 Å². The smallest absolute Gasteiger partial charge is 0.337 e. The molecular weight excluding hydrogens is 440 g/mol. The highest BCUT2D eigenvalue weighted by Crippen LogP contribution is 2.36. The van der Waals surface area contributed by atoms with E-state index < -0.39 is 17.8 Å². The minimum atomic E-state index is -2.76. The number of aromatic carboxylic acids is 1. The molecule has 2 heterocycles. The number of piperidine rings is 1. The number of carbonyl (C=O) groups is 1. The summed E-state index contributed by atoms with van der Waals surface area (Å²) in [6, 6.07) is 12.1. The fourth-order valence-electron chi connectivity index (χ4n) is 4.33. The molecule has 0 spiro atoms. The fraction of sp³-hybridized carbons (Fsp3) is 0.360. The Labute approximate surface area is 196 Å². The number of aryl methyl sites for hydroxylation is 1. The first-order valence-corrected chi connectivity index (χ1v) is 11.0. The van der Waals surface area contributed by atoms with Crippen molar-refractivity contribution in [2.75, 3.05) is 23.3 Å². The van der Waals surface area contributed by atoms with Crippen molar-refractivity contribution in [2.45, 2.75) is 39.2 Å². The molecule has 7 nitrogen and oxygen atoms in total. The molecule has 2 N–H and O–H groups in total. The molecule has 2 unspecified atom stereocenters. The average Bonchev–Trinajstić information content (AvgIpc) is 2.79. The highest BCUT2D eigenvalue weighted by atomic mass is 19.3. The molecule has 0 bridgehead atoms. The van der Waals surface area contributed by atoms with E-state index in [2.05, 4.69) is 16.4 Å². The number of benzene rings is 2. The molecule has 2 atom stereocenters. The number of nitrogens with one attached hydrogen (secondary N) is 1. The zero-order valence-corrected chi connectivity index (χ0v) is 19.1. The lowest BCUT2D eigenvalue weighted by Crippen LogP contribution is -2.46. The van der Waals surface area contributed by atoms with Gasteiger partial charge >= 0.3 is 5.97 Å². The van der Waals surface area contributed by atoms with Crippen molar-refractivity contribution in [1.29, 1.82) is 5.26 Å². The molecule has 1 fully saturated rings. The number of nitriles is 1. The van der Waals surface area contributed by atoms with Crippen LogP contribution in [0.25, 0.3) is 11.0 Å². The third kappa shape index (κ3) is 4.36. The second-order valence-electron chi connectivity index (χ2n) is 8.80. The fourth-order valence-corrected chi connectivity index (χ4v) is 4.33. The predicted octanol–water partition coefficient (Wildman–Crippen LogP) is 5.16. The lowest BCUT2D eigenvalue weighted by Gasteiger charge is -2.37. The number of aromatic nitrogens is 2. The normalized spacial score (nSPS) is 18.4. The maximum absolute atomic E-state index is 14.1. The topological polar surface area (TPSA) is 102 Å². The maximum atomic E-state index is 14.1. The standard InChI is InChI=1S/C25H25F2N5O2/c1-14-10-18(16(3)29-19-7-5-4-6-17(19)24(33)34)22-20(11-14)30-21(12-28)23(31-22)32-9-8-25(26,27)15(2)13-32/h4-7,10-11,15-16,29H,8-9,13H2,1-3H3,(H,33,34). The van der Waals surface area contributed by atoms with Gasteiger partial charge in [-0.15, -0.1) is 0 Å². The lowest BCUT2D eigenvalue weighted by molar-refractivity contribution is -0.0652. The molecule has 2 aromatic carbocycles. The van der Waals surface area contributed by atoms with Crippen molar-refractivity contribution in [2.24, 2.45) is 5.92 Å². The average molecular weight is 466 g/mol. The number of nitrogens with zero attached hydrogens (tertiary/aromatic N) is 4. The van der Waals surface area contributed by atoms with E-state index in [0.717, 1.165) is 11.1 Å². The predicted molar refractivity (Wildman–Crippen MR) is 125 cm³/mol. The van der Waals surface area contributed by atoms with Crippen LogP contribution >= 0.6 is 0 Å². The van der Waals surface area contributed by atoms with E-state index >= 15 is 0 Å². The van der Waals surface area contributed by atoms with Gasteiger partial charge in [-0.25, -0.2) is 23.5 Å². The number of fused-ring (bicyclic) bond motifs is 1. The Kier molecular flexibility index (Phi) is 6.09. The van der Waals surface area contributed by atoms with Gasteiger partial charge in [0, 0.05) is 36.7 Å². The van der Waals surface area contributed by atoms with Crippen LogP contribution in [0.15, 0.2) is 36.4 Å². The SMILES string of the molecule is Cc1cc(C(C)Nc2ccccc2C(=O)O)c2nc(N3CCC(F)(F)C(C)C3)c(C#N)nc2c1. The molecule has 1 saturated heterocycles. The summed E-state index contributed by atoms with van der Waals surface area (Å²) in [5.41, 5.74) is 3.43. The number of anilines is 2. The van der Waals surface area contributed by atoms with Crippen LogP contribution < -0.4 is 10.2 Å². The molecule has 4 rings (SSSR count). The van der Waals surface area contributed by atoms with E-state index in [9.17, 15) is 23.9 Å². The van der Waals surface area contributed by atoms with Crippen LogP contribution in [0.2, 0.25) is 0 Å². The van der Waals surface area contributed by atoms with Gasteiger partial charge in [0.05, 0.1) is 22.6 Å².